The van der Waals surface area contributed by atoms with Gasteiger partial charge >= 0.3 is 6.18 Å². The Kier molecular flexibility index (Phi) is 3.17. The second-order valence-electron chi connectivity index (χ2n) is 3.99. The fourth-order valence-corrected chi connectivity index (χ4v) is 1.75. The van der Waals surface area contributed by atoms with Crippen LogP contribution < -0.4 is 10.5 Å². The number of halogens is 3. The van der Waals surface area contributed by atoms with Crippen LogP contribution in [0.1, 0.15) is 11.6 Å². The van der Waals surface area contributed by atoms with Crippen molar-refractivity contribution in [2.24, 2.45) is 5.73 Å². The van der Waals surface area contributed by atoms with Crippen molar-refractivity contribution in [3.05, 3.63) is 42.0 Å². The first-order valence-corrected chi connectivity index (χ1v) is 5.32. The highest BCUT2D eigenvalue weighted by atomic mass is 19.4. The number of benzene rings is 2. The van der Waals surface area contributed by atoms with E-state index in [-0.39, 0.29) is 5.56 Å². The highest BCUT2D eigenvalue weighted by Gasteiger charge is 2.37. The monoisotopic (exact) mass is 255 g/mol. The lowest BCUT2D eigenvalue weighted by atomic mass is 10.0. The van der Waals surface area contributed by atoms with Crippen molar-refractivity contribution < 1.29 is 17.9 Å². The number of nitrogens with two attached hydrogens (primary N) is 1. The molecule has 0 heterocycles. The molecule has 1 atom stereocenters. The Morgan fingerprint density at radius 2 is 1.67 bits per heavy atom. The topological polar surface area (TPSA) is 35.2 Å². The standard InChI is InChI=1S/C13H12F3NO/c1-18-11-5-4-8-6-10(3-2-9(8)7-11)12(17)13(14,15)16/h2-7,12H,17H2,1H3. The molecule has 1 unspecified atom stereocenters. The van der Waals surface area contributed by atoms with Crippen molar-refractivity contribution in [2.75, 3.05) is 7.11 Å². The fraction of sp³-hybridized carbons (Fsp3) is 0.231. The summed E-state index contributed by atoms with van der Waals surface area (Å²) in [7, 11) is 1.54. The third kappa shape index (κ3) is 2.41. The average Bonchev–Trinajstić information content (AvgIpc) is 2.35. The van der Waals surface area contributed by atoms with E-state index in [1.54, 1.807) is 24.3 Å². The molecule has 2 aromatic carbocycles. The molecule has 0 fully saturated rings. The van der Waals surface area contributed by atoms with E-state index in [4.69, 9.17) is 10.5 Å². The molecule has 0 saturated carbocycles. The molecule has 0 aliphatic heterocycles. The van der Waals surface area contributed by atoms with E-state index in [1.165, 1.54) is 19.2 Å². The van der Waals surface area contributed by atoms with Crippen LogP contribution in [0.2, 0.25) is 0 Å². The maximum absolute atomic E-state index is 12.5. The molecule has 0 spiro atoms. The van der Waals surface area contributed by atoms with Crippen LogP contribution >= 0.6 is 0 Å². The molecule has 2 aromatic rings. The number of alkyl halides is 3. The molecule has 2 nitrogen and oxygen atoms in total. The van der Waals surface area contributed by atoms with Crippen LogP contribution in [-0.2, 0) is 0 Å². The smallest absolute Gasteiger partial charge is 0.407 e. The number of ether oxygens (including phenoxy) is 1. The van der Waals surface area contributed by atoms with Crippen LogP contribution in [0.3, 0.4) is 0 Å². The average molecular weight is 255 g/mol. The molecule has 0 amide bonds. The van der Waals surface area contributed by atoms with Crippen molar-refractivity contribution in [1.82, 2.24) is 0 Å². The van der Waals surface area contributed by atoms with Crippen molar-refractivity contribution in [3.63, 3.8) is 0 Å². The summed E-state index contributed by atoms with van der Waals surface area (Å²) in [5.41, 5.74) is 5.23. The molecule has 96 valence electrons. The van der Waals surface area contributed by atoms with E-state index in [0.29, 0.717) is 11.1 Å². The first-order chi connectivity index (χ1) is 8.41. The Hall–Kier alpha value is -1.75. The van der Waals surface area contributed by atoms with Gasteiger partial charge in [-0.2, -0.15) is 13.2 Å². The molecule has 2 N–H and O–H groups in total. The number of fused-ring (bicyclic) bond motifs is 1. The fourth-order valence-electron chi connectivity index (χ4n) is 1.75. The SMILES string of the molecule is COc1ccc2cc(C(N)C(F)(F)F)ccc2c1. The Morgan fingerprint density at radius 3 is 2.28 bits per heavy atom. The third-order valence-electron chi connectivity index (χ3n) is 2.78. The lowest BCUT2D eigenvalue weighted by molar-refractivity contribution is -0.149. The predicted octanol–water partition coefficient (Wildman–Crippen LogP) is 3.41. The van der Waals surface area contributed by atoms with Gasteiger partial charge in [-0.05, 0) is 34.5 Å². The first-order valence-electron chi connectivity index (χ1n) is 5.32. The Labute approximate surface area is 102 Å². The number of methoxy groups -OCH3 is 1. The van der Waals surface area contributed by atoms with Gasteiger partial charge in [0.25, 0.3) is 0 Å². The van der Waals surface area contributed by atoms with Gasteiger partial charge < -0.3 is 10.5 Å². The molecular formula is C13H12F3NO. The van der Waals surface area contributed by atoms with Gasteiger partial charge in [-0.15, -0.1) is 0 Å². The molecule has 0 aromatic heterocycles. The molecule has 0 radical (unpaired) electrons. The van der Waals surface area contributed by atoms with Crippen LogP contribution in [0.15, 0.2) is 36.4 Å². The van der Waals surface area contributed by atoms with Crippen molar-refractivity contribution in [2.45, 2.75) is 12.2 Å². The molecule has 18 heavy (non-hydrogen) atoms. The summed E-state index contributed by atoms with van der Waals surface area (Å²) in [5.74, 6) is 0.662. The van der Waals surface area contributed by atoms with Crippen LogP contribution in [0, 0.1) is 0 Å². The molecular weight excluding hydrogens is 243 g/mol. The minimum Gasteiger partial charge on any atom is -0.497 e. The maximum atomic E-state index is 12.5. The van der Waals surface area contributed by atoms with Gasteiger partial charge in [0, 0.05) is 0 Å². The molecule has 5 heteroatoms. The zero-order valence-electron chi connectivity index (χ0n) is 9.66. The van der Waals surface area contributed by atoms with E-state index in [2.05, 4.69) is 0 Å². The largest absolute Gasteiger partial charge is 0.497 e. The first kappa shape index (κ1) is 12.7. The summed E-state index contributed by atoms with van der Waals surface area (Å²) in [4.78, 5) is 0. The molecule has 0 aliphatic carbocycles. The zero-order chi connectivity index (χ0) is 13.3. The van der Waals surface area contributed by atoms with E-state index in [1.807, 2.05) is 0 Å². The Morgan fingerprint density at radius 1 is 1.06 bits per heavy atom. The third-order valence-corrected chi connectivity index (χ3v) is 2.78. The van der Waals surface area contributed by atoms with Gasteiger partial charge in [0.1, 0.15) is 11.8 Å². The quantitative estimate of drug-likeness (QED) is 0.892. The van der Waals surface area contributed by atoms with Crippen LogP contribution in [0.4, 0.5) is 13.2 Å². The van der Waals surface area contributed by atoms with Gasteiger partial charge in [-0.3, -0.25) is 0 Å². The number of hydrogen-bond acceptors (Lipinski definition) is 2. The summed E-state index contributed by atoms with van der Waals surface area (Å²) in [6, 6.07) is 7.67. The second-order valence-corrected chi connectivity index (χ2v) is 3.99. The van der Waals surface area contributed by atoms with Gasteiger partial charge in [0.15, 0.2) is 0 Å². The van der Waals surface area contributed by atoms with Crippen molar-refractivity contribution in [1.29, 1.82) is 0 Å². The molecule has 0 aliphatic rings. The maximum Gasteiger partial charge on any atom is 0.407 e. The van der Waals surface area contributed by atoms with Crippen molar-refractivity contribution in [3.8, 4) is 5.75 Å². The summed E-state index contributed by atoms with van der Waals surface area (Å²) >= 11 is 0. The molecule has 2 rings (SSSR count). The second kappa shape index (κ2) is 4.49. The summed E-state index contributed by atoms with van der Waals surface area (Å²) in [6.45, 7) is 0. The van der Waals surface area contributed by atoms with Gasteiger partial charge in [-0.25, -0.2) is 0 Å². The zero-order valence-corrected chi connectivity index (χ0v) is 9.66. The summed E-state index contributed by atoms with van der Waals surface area (Å²) in [5, 5.41) is 1.51. The van der Waals surface area contributed by atoms with E-state index >= 15 is 0 Å². The van der Waals surface area contributed by atoms with E-state index in [9.17, 15) is 13.2 Å². The predicted molar refractivity (Wildman–Crippen MR) is 63.5 cm³/mol. The van der Waals surface area contributed by atoms with Crippen LogP contribution in [-0.4, -0.2) is 13.3 Å². The lowest BCUT2D eigenvalue weighted by Crippen LogP contribution is -2.28. The normalized spacial score (nSPS) is 13.6. The van der Waals surface area contributed by atoms with Crippen LogP contribution in [0.5, 0.6) is 5.75 Å². The van der Waals surface area contributed by atoms with E-state index < -0.39 is 12.2 Å². The van der Waals surface area contributed by atoms with Gasteiger partial charge in [0.2, 0.25) is 0 Å². The summed E-state index contributed by atoms with van der Waals surface area (Å²) < 4.78 is 42.6. The van der Waals surface area contributed by atoms with E-state index in [0.717, 1.165) is 5.39 Å². The van der Waals surface area contributed by atoms with Gasteiger partial charge in [0.05, 0.1) is 7.11 Å². The van der Waals surface area contributed by atoms with Crippen LogP contribution in [0.25, 0.3) is 10.8 Å². The van der Waals surface area contributed by atoms with Crippen molar-refractivity contribution >= 4 is 10.8 Å². The Bertz CT molecular complexity index is 566. The van der Waals surface area contributed by atoms with Gasteiger partial charge in [-0.1, -0.05) is 18.2 Å². The molecule has 0 saturated heterocycles. The molecule has 0 bridgehead atoms. The number of rotatable bonds is 2. The lowest BCUT2D eigenvalue weighted by Gasteiger charge is -2.16. The highest BCUT2D eigenvalue weighted by Crippen LogP contribution is 2.32. The Balaban J connectivity index is 2.45. The minimum atomic E-state index is -4.43. The summed E-state index contributed by atoms with van der Waals surface area (Å²) in [6.07, 6.45) is -4.43. The minimum absolute atomic E-state index is 0.0557. The highest BCUT2D eigenvalue weighted by molar-refractivity contribution is 5.84. The number of hydrogen-bond donors (Lipinski definition) is 1.